The highest BCUT2D eigenvalue weighted by Gasteiger charge is 2.10. The lowest BCUT2D eigenvalue weighted by Gasteiger charge is -2.20. The summed E-state index contributed by atoms with van der Waals surface area (Å²) in [4.78, 5) is 0. The zero-order valence-corrected chi connectivity index (χ0v) is 13.0. The highest BCUT2D eigenvalue weighted by molar-refractivity contribution is 7.82. The number of hydrogen-bond acceptors (Lipinski definition) is 3. The van der Waals surface area contributed by atoms with Gasteiger partial charge in [0.05, 0.1) is 23.1 Å². The van der Waals surface area contributed by atoms with Crippen LogP contribution in [0.4, 0.5) is 11.4 Å². The molecule has 0 aliphatic carbocycles. The number of anilines is 2. The molecule has 0 aliphatic heterocycles. The largest absolute Gasteiger partial charge is 0.287 e. The summed E-state index contributed by atoms with van der Waals surface area (Å²) in [6.07, 6.45) is 1.88. The molecule has 0 unspecified atom stereocenters. The number of nitrogens with zero attached hydrogens (tertiary/aromatic N) is 3. The lowest BCUT2D eigenvalue weighted by Crippen LogP contribution is -2.02. The van der Waals surface area contributed by atoms with Crippen LogP contribution < -0.4 is 4.31 Å². The van der Waals surface area contributed by atoms with Crippen molar-refractivity contribution in [3.8, 4) is 0 Å². The molecule has 0 bridgehead atoms. The van der Waals surface area contributed by atoms with Crippen LogP contribution in [0.25, 0.3) is 21.7 Å². The maximum atomic E-state index is 4.72. The zero-order chi connectivity index (χ0) is 15.1. The molecule has 3 aromatic carbocycles. The SMILES string of the molecule is Cn1ncc2cc(N(S)c3cccc4ccccc34)ccc21. The standard InChI is InChI=1S/C18H15N3S/c1-20-17-10-9-15(11-14(17)12-19-20)21(22)18-8-4-6-13-5-2-3-7-16(13)18/h2-12,22H,1H3. The quantitative estimate of drug-likeness (QED) is 0.541. The lowest BCUT2D eigenvalue weighted by molar-refractivity contribution is 0.797. The molecule has 108 valence electrons. The third-order valence-electron chi connectivity index (χ3n) is 3.97. The van der Waals surface area contributed by atoms with E-state index in [1.165, 1.54) is 10.8 Å². The maximum absolute atomic E-state index is 4.72. The van der Waals surface area contributed by atoms with Crippen molar-refractivity contribution in [2.45, 2.75) is 0 Å². The Hall–Kier alpha value is -2.46. The number of fused-ring (bicyclic) bond motifs is 2. The lowest BCUT2D eigenvalue weighted by atomic mass is 10.1. The predicted molar refractivity (Wildman–Crippen MR) is 95.8 cm³/mol. The first-order chi connectivity index (χ1) is 10.7. The normalized spacial score (nSPS) is 11.2. The van der Waals surface area contributed by atoms with Gasteiger partial charge in [0.25, 0.3) is 0 Å². The number of aromatic nitrogens is 2. The second-order valence-corrected chi connectivity index (χ2v) is 5.72. The van der Waals surface area contributed by atoms with Crippen molar-refractivity contribution in [1.29, 1.82) is 0 Å². The van der Waals surface area contributed by atoms with Crippen molar-refractivity contribution in [2.75, 3.05) is 4.31 Å². The van der Waals surface area contributed by atoms with Crippen molar-refractivity contribution in [3.05, 3.63) is 66.9 Å². The molecule has 0 saturated carbocycles. The van der Waals surface area contributed by atoms with E-state index >= 15 is 0 Å². The molecule has 1 aromatic heterocycles. The molecule has 4 heteroatoms. The summed E-state index contributed by atoms with van der Waals surface area (Å²) in [6.45, 7) is 0. The Bertz CT molecular complexity index is 969. The van der Waals surface area contributed by atoms with E-state index in [2.05, 4.69) is 65.8 Å². The van der Waals surface area contributed by atoms with Gasteiger partial charge in [-0.05, 0) is 29.7 Å². The van der Waals surface area contributed by atoms with Gasteiger partial charge in [0.2, 0.25) is 0 Å². The molecular formula is C18H15N3S. The van der Waals surface area contributed by atoms with Crippen molar-refractivity contribution in [1.82, 2.24) is 9.78 Å². The van der Waals surface area contributed by atoms with Gasteiger partial charge in [-0.25, -0.2) is 0 Å². The second kappa shape index (κ2) is 5.07. The van der Waals surface area contributed by atoms with E-state index in [1.807, 2.05) is 22.2 Å². The van der Waals surface area contributed by atoms with E-state index in [4.69, 9.17) is 12.8 Å². The molecule has 3 nitrogen and oxygen atoms in total. The third-order valence-corrected chi connectivity index (χ3v) is 4.42. The fourth-order valence-corrected chi connectivity index (χ4v) is 3.11. The van der Waals surface area contributed by atoms with E-state index in [9.17, 15) is 0 Å². The molecule has 4 rings (SSSR count). The van der Waals surface area contributed by atoms with E-state index < -0.39 is 0 Å². The van der Waals surface area contributed by atoms with Crippen LogP contribution in [-0.2, 0) is 7.05 Å². The van der Waals surface area contributed by atoms with Gasteiger partial charge in [0.1, 0.15) is 0 Å². The first kappa shape index (κ1) is 13.2. The molecule has 0 atom stereocenters. The fourth-order valence-electron chi connectivity index (χ4n) is 2.81. The van der Waals surface area contributed by atoms with Crippen LogP contribution in [-0.4, -0.2) is 9.78 Å². The van der Waals surface area contributed by atoms with Crippen molar-refractivity contribution >= 4 is 45.9 Å². The first-order valence-corrected chi connectivity index (χ1v) is 7.52. The molecule has 0 N–H and O–H groups in total. The molecule has 0 fully saturated rings. The highest BCUT2D eigenvalue weighted by Crippen LogP contribution is 2.34. The summed E-state index contributed by atoms with van der Waals surface area (Å²) in [5.41, 5.74) is 3.22. The van der Waals surface area contributed by atoms with Crippen molar-refractivity contribution in [2.24, 2.45) is 7.05 Å². The average Bonchev–Trinajstić information content (AvgIpc) is 2.94. The van der Waals surface area contributed by atoms with Gasteiger partial charge >= 0.3 is 0 Å². The van der Waals surface area contributed by atoms with E-state index in [-0.39, 0.29) is 0 Å². The van der Waals surface area contributed by atoms with Crippen LogP contribution in [0.15, 0.2) is 66.9 Å². The van der Waals surface area contributed by atoms with Crippen LogP contribution in [0, 0.1) is 0 Å². The molecule has 0 saturated heterocycles. The summed E-state index contributed by atoms with van der Waals surface area (Å²) in [7, 11) is 1.95. The third kappa shape index (κ3) is 2.04. The topological polar surface area (TPSA) is 21.1 Å². The maximum Gasteiger partial charge on any atom is 0.0680 e. The molecule has 0 amide bonds. The second-order valence-electron chi connectivity index (χ2n) is 5.32. The summed E-state index contributed by atoms with van der Waals surface area (Å²) in [5, 5.41) is 7.80. The molecule has 0 spiro atoms. The number of benzene rings is 3. The Balaban J connectivity index is 1.86. The summed E-state index contributed by atoms with van der Waals surface area (Å²) < 4.78 is 3.80. The van der Waals surface area contributed by atoms with Gasteiger partial charge < -0.3 is 0 Å². The number of thiol groups is 1. The monoisotopic (exact) mass is 305 g/mol. The van der Waals surface area contributed by atoms with Gasteiger partial charge in [-0.2, -0.15) is 5.10 Å². The van der Waals surface area contributed by atoms with Crippen LogP contribution in [0.1, 0.15) is 0 Å². The van der Waals surface area contributed by atoms with Crippen LogP contribution in [0.2, 0.25) is 0 Å². The number of rotatable bonds is 2. The Morgan fingerprint density at radius 3 is 2.68 bits per heavy atom. The Morgan fingerprint density at radius 2 is 1.77 bits per heavy atom. The summed E-state index contributed by atoms with van der Waals surface area (Å²) >= 11 is 4.72. The van der Waals surface area contributed by atoms with Crippen LogP contribution in [0.3, 0.4) is 0 Å². The first-order valence-electron chi connectivity index (χ1n) is 7.12. The predicted octanol–water partition coefficient (Wildman–Crippen LogP) is 4.71. The van der Waals surface area contributed by atoms with E-state index in [0.29, 0.717) is 0 Å². The molecular weight excluding hydrogens is 290 g/mol. The minimum atomic E-state index is 1.03. The molecule has 4 aromatic rings. The minimum absolute atomic E-state index is 1.03. The van der Waals surface area contributed by atoms with Crippen molar-refractivity contribution in [3.63, 3.8) is 0 Å². The summed E-state index contributed by atoms with van der Waals surface area (Å²) in [6, 6.07) is 20.9. The molecule has 0 radical (unpaired) electrons. The number of aryl methyl sites for hydroxylation is 1. The van der Waals surface area contributed by atoms with Gasteiger partial charge in [-0.15, -0.1) is 0 Å². The summed E-state index contributed by atoms with van der Waals surface area (Å²) in [5.74, 6) is 0. The zero-order valence-electron chi connectivity index (χ0n) is 12.1. The van der Waals surface area contributed by atoms with Crippen LogP contribution >= 0.6 is 12.8 Å². The van der Waals surface area contributed by atoms with E-state index in [1.54, 1.807) is 0 Å². The van der Waals surface area contributed by atoms with Gasteiger partial charge in [0.15, 0.2) is 0 Å². The molecule has 1 heterocycles. The van der Waals surface area contributed by atoms with Gasteiger partial charge in [-0.1, -0.05) is 49.2 Å². The fraction of sp³-hybridized carbons (Fsp3) is 0.0556. The van der Waals surface area contributed by atoms with Crippen molar-refractivity contribution < 1.29 is 0 Å². The van der Waals surface area contributed by atoms with Gasteiger partial charge in [0, 0.05) is 17.8 Å². The van der Waals surface area contributed by atoms with Gasteiger partial charge in [-0.3, -0.25) is 8.99 Å². The number of hydrogen-bond donors (Lipinski definition) is 1. The minimum Gasteiger partial charge on any atom is -0.287 e. The Kier molecular flexibility index (Phi) is 3.05. The Labute approximate surface area is 134 Å². The average molecular weight is 305 g/mol. The van der Waals surface area contributed by atoms with Crippen LogP contribution in [0.5, 0.6) is 0 Å². The Morgan fingerprint density at radius 1 is 0.955 bits per heavy atom. The molecule has 22 heavy (non-hydrogen) atoms. The molecule has 0 aliphatic rings. The smallest absolute Gasteiger partial charge is 0.0680 e. The van der Waals surface area contributed by atoms with E-state index in [0.717, 1.165) is 22.3 Å². The highest BCUT2D eigenvalue weighted by atomic mass is 32.1.